The first-order valence-electron chi connectivity index (χ1n) is 5.38. The fraction of sp³-hybridized carbons (Fsp3) is 0.154. The average Bonchev–Trinajstić information content (AvgIpc) is 2.67. The maximum Gasteiger partial charge on any atom is 0.335 e. The average molecular weight is 326 g/mol. The van der Waals surface area contributed by atoms with Gasteiger partial charge in [-0.1, -0.05) is 6.07 Å². The van der Waals surface area contributed by atoms with Gasteiger partial charge in [0.25, 0.3) is 0 Å². The number of carbonyl (C=O) groups is 1. The number of aryl methyl sites for hydroxylation is 1. The van der Waals surface area contributed by atoms with Crippen LogP contribution in [0.3, 0.4) is 0 Å². The molecular weight excluding hydrogens is 314 g/mol. The third-order valence-electron chi connectivity index (χ3n) is 2.48. The molecule has 0 aliphatic carbocycles. The quantitative estimate of drug-likeness (QED) is 0.888. The normalized spacial score (nSPS) is 10.3. The van der Waals surface area contributed by atoms with E-state index in [1.54, 1.807) is 29.5 Å². The molecule has 3 nitrogen and oxygen atoms in total. The lowest BCUT2D eigenvalue weighted by Crippen LogP contribution is -2.00. The maximum atomic E-state index is 10.8. The van der Waals surface area contributed by atoms with Gasteiger partial charge in [0.05, 0.1) is 5.56 Å². The highest BCUT2D eigenvalue weighted by molar-refractivity contribution is 9.10. The van der Waals surface area contributed by atoms with Gasteiger partial charge in [0, 0.05) is 26.5 Å². The molecule has 1 aromatic carbocycles. The molecule has 0 amide bonds. The first-order valence-corrected chi connectivity index (χ1v) is 6.99. The summed E-state index contributed by atoms with van der Waals surface area (Å²) in [6, 6.07) is 8.90. The van der Waals surface area contributed by atoms with Crippen molar-refractivity contribution in [2.75, 3.05) is 5.32 Å². The molecule has 1 aromatic heterocycles. The molecule has 1 heterocycles. The number of benzene rings is 1. The van der Waals surface area contributed by atoms with Crippen LogP contribution in [0.15, 0.2) is 34.8 Å². The lowest BCUT2D eigenvalue weighted by atomic mass is 10.2. The second kappa shape index (κ2) is 5.54. The van der Waals surface area contributed by atoms with E-state index in [1.165, 1.54) is 9.75 Å². The third-order valence-corrected chi connectivity index (χ3v) is 4.62. The van der Waals surface area contributed by atoms with E-state index in [-0.39, 0.29) is 0 Å². The Labute approximate surface area is 118 Å². The number of thiophene rings is 1. The number of hydrogen-bond acceptors (Lipinski definition) is 3. The number of rotatable bonds is 4. The minimum absolute atomic E-state index is 0.295. The van der Waals surface area contributed by atoms with E-state index in [1.807, 2.05) is 6.07 Å². The summed E-state index contributed by atoms with van der Waals surface area (Å²) in [7, 11) is 0. The molecular formula is C13H12BrNO2S. The van der Waals surface area contributed by atoms with E-state index >= 15 is 0 Å². The highest BCUT2D eigenvalue weighted by Crippen LogP contribution is 2.26. The summed E-state index contributed by atoms with van der Waals surface area (Å²) in [5.74, 6) is -0.909. The predicted octanol–water partition coefficient (Wildman–Crippen LogP) is 4.13. The lowest BCUT2D eigenvalue weighted by Gasteiger charge is -2.05. The topological polar surface area (TPSA) is 49.3 Å². The van der Waals surface area contributed by atoms with Crippen LogP contribution in [-0.4, -0.2) is 11.1 Å². The highest BCUT2D eigenvalue weighted by atomic mass is 79.9. The molecule has 0 fully saturated rings. The van der Waals surface area contributed by atoms with Crippen LogP contribution in [0.2, 0.25) is 0 Å². The molecule has 94 valence electrons. The third kappa shape index (κ3) is 3.11. The zero-order valence-electron chi connectivity index (χ0n) is 9.74. The number of anilines is 1. The fourth-order valence-corrected chi connectivity index (χ4v) is 3.10. The minimum Gasteiger partial charge on any atom is -0.478 e. The van der Waals surface area contributed by atoms with E-state index in [9.17, 15) is 4.79 Å². The van der Waals surface area contributed by atoms with Crippen molar-refractivity contribution in [3.8, 4) is 0 Å². The summed E-state index contributed by atoms with van der Waals surface area (Å²) in [5.41, 5.74) is 1.11. The fourth-order valence-electron chi connectivity index (χ4n) is 1.56. The van der Waals surface area contributed by atoms with Crippen LogP contribution in [0.5, 0.6) is 0 Å². The van der Waals surface area contributed by atoms with Crippen molar-refractivity contribution in [3.63, 3.8) is 0 Å². The SMILES string of the molecule is Cc1sc(CNc2cccc(C(=O)O)c2)cc1Br. The van der Waals surface area contributed by atoms with Crippen molar-refractivity contribution in [2.45, 2.75) is 13.5 Å². The van der Waals surface area contributed by atoms with Crippen LogP contribution < -0.4 is 5.32 Å². The predicted molar refractivity (Wildman–Crippen MR) is 77.5 cm³/mol. The summed E-state index contributed by atoms with van der Waals surface area (Å²) in [4.78, 5) is 13.3. The van der Waals surface area contributed by atoms with Gasteiger partial charge in [-0.05, 0) is 47.1 Å². The van der Waals surface area contributed by atoms with Crippen LogP contribution in [0, 0.1) is 6.92 Å². The van der Waals surface area contributed by atoms with Crippen LogP contribution >= 0.6 is 27.3 Å². The van der Waals surface area contributed by atoms with E-state index in [0.29, 0.717) is 12.1 Å². The van der Waals surface area contributed by atoms with E-state index in [2.05, 4.69) is 34.2 Å². The van der Waals surface area contributed by atoms with Crippen molar-refractivity contribution in [2.24, 2.45) is 0 Å². The molecule has 0 aliphatic rings. The molecule has 0 saturated carbocycles. The number of aromatic carboxylic acids is 1. The minimum atomic E-state index is -0.909. The monoisotopic (exact) mass is 325 g/mol. The Morgan fingerprint density at radius 3 is 2.83 bits per heavy atom. The molecule has 0 bridgehead atoms. The molecule has 0 atom stereocenters. The summed E-state index contributed by atoms with van der Waals surface area (Å²) in [5, 5.41) is 12.1. The molecule has 0 radical (unpaired) electrons. The lowest BCUT2D eigenvalue weighted by molar-refractivity contribution is 0.0697. The Hall–Kier alpha value is -1.33. The smallest absolute Gasteiger partial charge is 0.335 e. The van der Waals surface area contributed by atoms with Gasteiger partial charge >= 0.3 is 5.97 Å². The Morgan fingerprint density at radius 2 is 2.22 bits per heavy atom. The zero-order valence-corrected chi connectivity index (χ0v) is 12.1. The molecule has 2 N–H and O–H groups in total. The number of carboxylic acids is 1. The van der Waals surface area contributed by atoms with Crippen molar-refractivity contribution in [3.05, 3.63) is 50.1 Å². The summed E-state index contributed by atoms with van der Waals surface area (Å²) in [6.07, 6.45) is 0. The molecule has 2 aromatic rings. The van der Waals surface area contributed by atoms with Gasteiger partial charge in [-0.25, -0.2) is 4.79 Å². The van der Waals surface area contributed by atoms with Crippen LogP contribution in [0.25, 0.3) is 0 Å². The Morgan fingerprint density at radius 1 is 1.44 bits per heavy atom. The van der Waals surface area contributed by atoms with E-state index in [4.69, 9.17) is 5.11 Å². The molecule has 5 heteroatoms. The molecule has 0 saturated heterocycles. The first kappa shape index (κ1) is 13.1. The van der Waals surface area contributed by atoms with Crippen molar-refractivity contribution >= 4 is 38.9 Å². The van der Waals surface area contributed by atoms with Crippen molar-refractivity contribution in [1.82, 2.24) is 0 Å². The first-order chi connectivity index (χ1) is 8.56. The molecule has 0 aliphatic heterocycles. The summed E-state index contributed by atoms with van der Waals surface area (Å²) in [6.45, 7) is 2.75. The van der Waals surface area contributed by atoms with Crippen LogP contribution in [0.1, 0.15) is 20.1 Å². The number of carboxylic acid groups (broad SMARTS) is 1. The van der Waals surface area contributed by atoms with Gasteiger partial charge in [-0.15, -0.1) is 11.3 Å². The van der Waals surface area contributed by atoms with Gasteiger partial charge < -0.3 is 10.4 Å². The van der Waals surface area contributed by atoms with Gasteiger partial charge in [-0.3, -0.25) is 0 Å². The summed E-state index contributed by atoms with van der Waals surface area (Å²) < 4.78 is 1.11. The Kier molecular flexibility index (Phi) is 4.04. The van der Waals surface area contributed by atoms with E-state index < -0.39 is 5.97 Å². The number of halogens is 1. The van der Waals surface area contributed by atoms with Crippen molar-refractivity contribution < 1.29 is 9.90 Å². The summed E-state index contributed by atoms with van der Waals surface area (Å²) >= 11 is 5.20. The van der Waals surface area contributed by atoms with Gasteiger partial charge in [0.1, 0.15) is 0 Å². The van der Waals surface area contributed by atoms with Crippen molar-refractivity contribution in [1.29, 1.82) is 0 Å². The standard InChI is InChI=1S/C13H12BrNO2S/c1-8-12(14)6-11(18-8)7-15-10-4-2-3-9(5-10)13(16)17/h2-6,15H,7H2,1H3,(H,16,17). The second-order valence-corrected chi connectivity index (χ2v) is 6.05. The van der Waals surface area contributed by atoms with Gasteiger partial charge in [0.2, 0.25) is 0 Å². The largest absolute Gasteiger partial charge is 0.478 e. The van der Waals surface area contributed by atoms with Crippen LogP contribution in [-0.2, 0) is 6.54 Å². The number of nitrogens with one attached hydrogen (secondary N) is 1. The maximum absolute atomic E-state index is 10.8. The second-order valence-electron chi connectivity index (χ2n) is 3.86. The molecule has 18 heavy (non-hydrogen) atoms. The molecule has 0 spiro atoms. The number of hydrogen-bond donors (Lipinski definition) is 2. The van der Waals surface area contributed by atoms with Crippen LogP contribution in [0.4, 0.5) is 5.69 Å². The van der Waals surface area contributed by atoms with E-state index in [0.717, 1.165) is 10.2 Å². The zero-order chi connectivity index (χ0) is 13.1. The Balaban J connectivity index is 2.06. The Bertz CT molecular complexity index is 561. The molecule has 2 rings (SSSR count). The van der Waals surface area contributed by atoms with Gasteiger partial charge in [-0.2, -0.15) is 0 Å². The molecule has 0 unspecified atom stereocenters. The van der Waals surface area contributed by atoms with Gasteiger partial charge in [0.15, 0.2) is 0 Å². The highest BCUT2D eigenvalue weighted by Gasteiger charge is 2.05.